The molecule has 6 aromatic rings. The first-order chi connectivity index (χ1) is 30.8. The van der Waals surface area contributed by atoms with Crippen LogP contribution in [0.2, 0.25) is 0 Å². The maximum absolute atomic E-state index is 14.1. The van der Waals surface area contributed by atoms with Gasteiger partial charge in [-0.25, -0.2) is 24.2 Å². The van der Waals surface area contributed by atoms with E-state index in [0.29, 0.717) is 11.4 Å². The number of aliphatic imine (C=N–C) groups is 1. The summed E-state index contributed by atoms with van der Waals surface area (Å²) in [5, 5.41) is 6.71. The normalized spacial score (nSPS) is 18.2. The molecule has 1 aliphatic heterocycles. The topological polar surface area (TPSA) is 151 Å². The molecule has 0 radical (unpaired) electrons. The summed E-state index contributed by atoms with van der Waals surface area (Å²) in [6, 6.07) is 51.7. The second kappa shape index (κ2) is 22.1. The fraction of sp³-hybridized carbons (Fsp3) is 0.143. The number of rotatable bonds is 13. The van der Waals surface area contributed by atoms with Crippen LogP contribution in [0.15, 0.2) is 187 Å². The van der Waals surface area contributed by atoms with Crippen LogP contribution in [0.1, 0.15) is 47.0 Å². The fourth-order valence-electron chi connectivity index (χ4n) is 6.38. The molecule has 1 saturated heterocycles. The molecule has 318 valence electrons. The van der Waals surface area contributed by atoms with Crippen molar-refractivity contribution < 1.29 is 42.9 Å². The third-order valence-corrected chi connectivity index (χ3v) is 10.6. The Morgan fingerprint density at radius 3 is 1.44 bits per heavy atom. The lowest BCUT2D eigenvalue weighted by Gasteiger charge is -2.43. The van der Waals surface area contributed by atoms with Gasteiger partial charge >= 0.3 is 23.9 Å². The van der Waals surface area contributed by atoms with Gasteiger partial charge in [0.2, 0.25) is 0 Å². The molecule has 0 aliphatic carbocycles. The zero-order valence-corrected chi connectivity index (χ0v) is 35.2. The SMILES string of the molecule is O=C(OC[C@H]1O[C@@H](/N=C(\NC(=S)Nc2ccccc2)SCc2ccccc2)[C@H](OC(=O)c2ccccc2)[C@@H](OC(=O)c2ccccc2)[C@@H]1OC(=O)c1ccccc1)c1ccccc1. The molecule has 0 aromatic heterocycles. The molecule has 0 amide bonds. The number of anilines is 1. The van der Waals surface area contributed by atoms with Crippen molar-refractivity contribution in [3.8, 4) is 0 Å². The molecule has 14 heteroatoms. The molecule has 6 aromatic carbocycles. The minimum Gasteiger partial charge on any atom is -0.459 e. The Hall–Kier alpha value is -7.13. The summed E-state index contributed by atoms with van der Waals surface area (Å²) < 4.78 is 31.1. The smallest absolute Gasteiger partial charge is 0.338 e. The van der Waals surface area contributed by atoms with Gasteiger partial charge < -0.3 is 34.3 Å². The number of thioether (sulfide) groups is 1. The van der Waals surface area contributed by atoms with Crippen molar-refractivity contribution in [1.29, 1.82) is 0 Å². The Kier molecular flexibility index (Phi) is 15.4. The summed E-state index contributed by atoms with van der Waals surface area (Å²) in [5.41, 5.74) is 2.44. The number of amidine groups is 1. The van der Waals surface area contributed by atoms with E-state index in [2.05, 4.69) is 10.6 Å². The number of hydrogen-bond donors (Lipinski definition) is 2. The van der Waals surface area contributed by atoms with Crippen molar-refractivity contribution in [1.82, 2.24) is 5.32 Å². The molecule has 0 saturated carbocycles. The van der Waals surface area contributed by atoms with Crippen molar-refractivity contribution in [2.75, 3.05) is 11.9 Å². The van der Waals surface area contributed by atoms with Crippen LogP contribution in [0, 0.1) is 0 Å². The van der Waals surface area contributed by atoms with Gasteiger partial charge in [-0.05, 0) is 78.4 Å². The maximum Gasteiger partial charge on any atom is 0.338 e. The highest BCUT2D eigenvalue weighted by Crippen LogP contribution is 2.32. The molecule has 1 heterocycles. The number of esters is 4. The average molecular weight is 880 g/mol. The number of carbonyl (C=O) groups excluding carboxylic acids is 4. The minimum atomic E-state index is -1.59. The zero-order chi connectivity index (χ0) is 43.8. The maximum atomic E-state index is 14.1. The van der Waals surface area contributed by atoms with Crippen LogP contribution in [0.4, 0.5) is 5.69 Å². The van der Waals surface area contributed by atoms with Gasteiger partial charge in [0.05, 0.1) is 22.3 Å². The van der Waals surface area contributed by atoms with E-state index in [1.54, 1.807) is 121 Å². The molecule has 63 heavy (non-hydrogen) atoms. The van der Waals surface area contributed by atoms with Crippen LogP contribution >= 0.6 is 24.0 Å². The second-order valence-electron chi connectivity index (χ2n) is 13.9. The summed E-state index contributed by atoms with van der Waals surface area (Å²) in [7, 11) is 0. The highest BCUT2D eigenvalue weighted by molar-refractivity contribution is 8.13. The van der Waals surface area contributed by atoms with E-state index in [9.17, 15) is 19.2 Å². The number of para-hydroxylation sites is 1. The summed E-state index contributed by atoms with van der Waals surface area (Å²) in [6.45, 7) is -0.501. The number of thiocarbonyl (C=S) groups is 1. The monoisotopic (exact) mass is 879 g/mol. The zero-order valence-electron chi connectivity index (χ0n) is 33.6. The van der Waals surface area contributed by atoms with E-state index < -0.39 is 61.1 Å². The minimum absolute atomic E-state index is 0.162. The van der Waals surface area contributed by atoms with Gasteiger partial charge in [0.25, 0.3) is 0 Å². The molecule has 0 spiro atoms. The molecule has 12 nitrogen and oxygen atoms in total. The van der Waals surface area contributed by atoms with E-state index in [0.717, 1.165) is 5.56 Å². The third-order valence-electron chi connectivity index (χ3n) is 9.47. The van der Waals surface area contributed by atoms with Crippen molar-refractivity contribution in [3.05, 3.63) is 210 Å². The second-order valence-corrected chi connectivity index (χ2v) is 15.3. The largest absolute Gasteiger partial charge is 0.459 e. The van der Waals surface area contributed by atoms with Crippen molar-refractivity contribution in [2.45, 2.75) is 36.4 Å². The van der Waals surface area contributed by atoms with Gasteiger partial charge in [-0.15, -0.1) is 0 Å². The number of nitrogens with zero attached hydrogens (tertiary/aromatic N) is 1. The van der Waals surface area contributed by atoms with Gasteiger partial charge in [-0.1, -0.05) is 133 Å². The number of nitrogens with one attached hydrogen (secondary N) is 2. The Morgan fingerprint density at radius 1 is 0.540 bits per heavy atom. The van der Waals surface area contributed by atoms with Crippen molar-refractivity contribution in [3.63, 3.8) is 0 Å². The number of carbonyl (C=O) groups is 4. The molecular weight excluding hydrogens is 839 g/mol. The first-order valence-electron chi connectivity index (χ1n) is 19.8. The molecule has 7 rings (SSSR count). The van der Waals surface area contributed by atoms with Gasteiger partial charge in [0, 0.05) is 11.4 Å². The van der Waals surface area contributed by atoms with Gasteiger partial charge in [0.15, 0.2) is 34.8 Å². The average Bonchev–Trinajstić information content (AvgIpc) is 3.33. The molecule has 2 N–H and O–H groups in total. The summed E-state index contributed by atoms with van der Waals surface area (Å²) in [5.74, 6) is -2.71. The van der Waals surface area contributed by atoms with Crippen molar-refractivity contribution in [2.24, 2.45) is 4.99 Å². The molecular formula is C49H41N3O9S2. The highest BCUT2D eigenvalue weighted by Gasteiger charge is 2.53. The Morgan fingerprint density at radius 2 is 0.952 bits per heavy atom. The highest BCUT2D eigenvalue weighted by atomic mass is 32.2. The van der Waals surface area contributed by atoms with Gasteiger partial charge in [-0.3, -0.25) is 0 Å². The van der Waals surface area contributed by atoms with Crippen LogP contribution in [0.25, 0.3) is 0 Å². The van der Waals surface area contributed by atoms with Crippen LogP contribution in [-0.4, -0.2) is 71.4 Å². The summed E-state index contributed by atoms with van der Waals surface area (Å²) >= 11 is 7.01. The molecule has 0 unspecified atom stereocenters. The van der Waals surface area contributed by atoms with Crippen LogP contribution in [0.5, 0.6) is 0 Å². The lowest BCUT2D eigenvalue weighted by atomic mass is 9.97. The fourth-order valence-corrected chi connectivity index (χ4v) is 7.50. The summed E-state index contributed by atoms with van der Waals surface area (Å²) in [4.78, 5) is 60.4. The van der Waals surface area contributed by atoms with Gasteiger partial charge in [-0.2, -0.15) is 0 Å². The molecule has 1 aliphatic rings. The molecule has 5 atom stereocenters. The summed E-state index contributed by atoms with van der Waals surface area (Å²) in [6.07, 6.45) is -7.50. The lowest BCUT2D eigenvalue weighted by Crippen LogP contribution is -2.62. The Balaban J connectivity index is 1.32. The lowest BCUT2D eigenvalue weighted by molar-refractivity contribution is -0.226. The quantitative estimate of drug-likeness (QED) is 0.0376. The van der Waals surface area contributed by atoms with Crippen LogP contribution in [0.3, 0.4) is 0 Å². The molecule has 0 bridgehead atoms. The predicted molar refractivity (Wildman–Crippen MR) is 243 cm³/mol. The Bertz CT molecular complexity index is 2490. The number of benzene rings is 6. The van der Waals surface area contributed by atoms with Crippen LogP contribution in [-0.2, 0) is 29.4 Å². The standard InChI is InChI=1S/C49H41N3O9S2/c53-44(34-21-9-2-10-22-34)57-31-39-40(59-45(54)35-23-11-3-12-24-35)41(60-46(55)36-25-13-4-14-26-36)42(61-47(56)37-27-15-5-16-28-37)43(58-39)51-49(63-32-33-19-7-1-8-20-33)52-48(62)50-38-29-17-6-18-30-38/h1-30,39-43H,31-32H2,(H2,50,51,52,62)/t39-,40-,41+,42-,43-/m1/s1. The van der Waals surface area contributed by atoms with E-state index in [1.165, 1.54) is 11.8 Å². The first kappa shape index (κ1) is 43.9. The Labute approximate surface area is 373 Å². The predicted octanol–water partition coefficient (Wildman–Crippen LogP) is 8.52. The van der Waals surface area contributed by atoms with E-state index in [-0.39, 0.29) is 32.5 Å². The van der Waals surface area contributed by atoms with Gasteiger partial charge in [0.1, 0.15) is 12.7 Å². The molecule has 1 fully saturated rings. The number of ether oxygens (including phenoxy) is 5. The van der Waals surface area contributed by atoms with E-state index >= 15 is 0 Å². The first-order valence-corrected chi connectivity index (χ1v) is 21.2. The van der Waals surface area contributed by atoms with Crippen molar-refractivity contribution >= 4 is 63.8 Å². The van der Waals surface area contributed by atoms with Crippen LogP contribution < -0.4 is 10.6 Å². The van der Waals surface area contributed by atoms with E-state index in [4.69, 9.17) is 40.9 Å². The third kappa shape index (κ3) is 12.5. The number of hydrogen-bond acceptors (Lipinski definition) is 12. The van der Waals surface area contributed by atoms with E-state index in [1.807, 2.05) is 60.7 Å².